The molecule has 4 aromatic rings. The molecule has 27 heavy (non-hydrogen) atoms. The van der Waals surface area contributed by atoms with Crippen molar-refractivity contribution in [1.82, 2.24) is 9.55 Å². The van der Waals surface area contributed by atoms with E-state index in [4.69, 9.17) is 4.42 Å². The fourth-order valence-corrected chi connectivity index (χ4v) is 3.46. The molecule has 2 heterocycles. The van der Waals surface area contributed by atoms with Crippen molar-refractivity contribution in [2.45, 2.75) is 0 Å². The Hall–Kier alpha value is -3.73. The maximum absolute atomic E-state index is 12.5. The summed E-state index contributed by atoms with van der Waals surface area (Å²) in [6, 6.07) is 18.5. The van der Waals surface area contributed by atoms with E-state index in [0.717, 1.165) is 16.9 Å². The number of imidazole rings is 1. The van der Waals surface area contributed by atoms with E-state index in [-0.39, 0.29) is 17.1 Å². The van der Waals surface area contributed by atoms with Crippen LogP contribution in [0.5, 0.6) is 0 Å². The van der Waals surface area contributed by atoms with Crippen LogP contribution < -0.4 is 0 Å². The summed E-state index contributed by atoms with van der Waals surface area (Å²) in [4.78, 5) is 29.6. The Morgan fingerprint density at radius 2 is 1.56 bits per heavy atom. The van der Waals surface area contributed by atoms with Gasteiger partial charge in [-0.05, 0) is 6.08 Å². The molecular formula is C22H14N2O3. The zero-order valence-corrected chi connectivity index (χ0v) is 14.5. The third kappa shape index (κ3) is 2.29. The minimum atomic E-state index is -0.269. The van der Waals surface area contributed by atoms with Gasteiger partial charge in [-0.1, -0.05) is 54.6 Å². The zero-order valence-electron chi connectivity index (χ0n) is 14.5. The Kier molecular flexibility index (Phi) is 3.24. The van der Waals surface area contributed by atoms with Gasteiger partial charge in [-0.2, -0.15) is 4.98 Å². The highest BCUT2D eigenvalue weighted by atomic mass is 16.3. The molecule has 5 heteroatoms. The van der Waals surface area contributed by atoms with Crippen LogP contribution in [0, 0.1) is 0 Å². The number of fused-ring (bicyclic) bond motifs is 2. The number of carbonyl (C=O) groups excluding carboxylic acids is 2. The lowest BCUT2D eigenvalue weighted by Crippen LogP contribution is -1.99. The second-order valence-corrected chi connectivity index (χ2v) is 6.46. The Balaban J connectivity index is 1.57. The summed E-state index contributed by atoms with van der Waals surface area (Å²) in [5, 5.41) is 0. The van der Waals surface area contributed by atoms with Crippen molar-refractivity contribution in [1.29, 1.82) is 0 Å². The fourth-order valence-electron chi connectivity index (χ4n) is 3.46. The lowest BCUT2D eigenvalue weighted by Gasteiger charge is -2.01. The Bertz CT molecular complexity index is 1220. The van der Waals surface area contributed by atoms with Gasteiger partial charge in [0, 0.05) is 29.8 Å². The average Bonchev–Trinajstić information content (AvgIpc) is 3.31. The standard InChI is InChI=1S/C22H14N2O3/c1-24-18-12-14(27-22(18)23-21(24)13-7-3-2-4-8-13)11-17-19(25)15-9-5-6-10-16(15)20(17)26/h2-12H,1H3. The van der Waals surface area contributed by atoms with Crippen LogP contribution in [0.4, 0.5) is 0 Å². The van der Waals surface area contributed by atoms with Gasteiger partial charge in [0.05, 0.1) is 5.57 Å². The first-order valence-electron chi connectivity index (χ1n) is 8.55. The number of hydrogen-bond acceptors (Lipinski definition) is 4. The number of rotatable bonds is 2. The minimum absolute atomic E-state index is 0.124. The molecule has 0 bridgehead atoms. The number of hydrogen-bond donors (Lipinski definition) is 0. The number of aryl methyl sites for hydroxylation is 1. The minimum Gasteiger partial charge on any atom is -0.437 e. The van der Waals surface area contributed by atoms with Gasteiger partial charge in [0.25, 0.3) is 0 Å². The van der Waals surface area contributed by atoms with E-state index in [9.17, 15) is 9.59 Å². The molecule has 0 N–H and O–H groups in total. The SMILES string of the molecule is Cn1c(-c2ccccc2)nc2oc(C=C3C(=O)c4ccccc4C3=O)cc21. The van der Waals surface area contributed by atoms with Crippen LogP contribution in [0.2, 0.25) is 0 Å². The molecule has 0 aliphatic heterocycles. The molecule has 0 unspecified atom stereocenters. The summed E-state index contributed by atoms with van der Waals surface area (Å²) in [7, 11) is 1.91. The first-order chi connectivity index (χ1) is 13.1. The van der Waals surface area contributed by atoms with Crippen LogP contribution >= 0.6 is 0 Å². The van der Waals surface area contributed by atoms with Crippen molar-refractivity contribution >= 4 is 28.9 Å². The summed E-state index contributed by atoms with van der Waals surface area (Å²) in [6.07, 6.45) is 1.51. The maximum Gasteiger partial charge on any atom is 0.245 e. The highest BCUT2D eigenvalue weighted by molar-refractivity contribution is 6.41. The van der Waals surface area contributed by atoms with E-state index in [1.54, 1.807) is 30.3 Å². The van der Waals surface area contributed by atoms with Crippen molar-refractivity contribution in [3.8, 4) is 11.4 Å². The van der Waals surface area contributed by atoms with Gasteiger partial charge in [-0.25, -0.2) is 0 Å². The molecule has 0 saturated carbocycles. The topological polar surface area (TPSA) is 65.1 Å². The number of allylic oxidation sites excluding steroid dienone is 1. The molecule has 0 amide bonds. The summed E-state index contributed by atoms with van der Waals surface area (Å²) >= 11 is 0. The van der Waals surface area contributed by atoms with E-state index in [1.165, 1.54) is 6.08 Å². The fraction of sp³-hybridized carbons (Fsp3) is 0.0455. The highest BCUT2D eigenvalue weighted by Crippen LogP contribution is 2.30. The zero-order chi connectivity index (χ0) is 18.5. The van der Waals surface area contributed by atoms with Crippen LogP contribution in [0.3, 0.4) is 0 Å². The lowest BCUT2D eigenvalue weighted by molar-refractivity contribution is 0.0990. The highest BCUT2D eigenvalue weighted by Gasteiger charge is 2.33. The van der Waals surface area contributed by atoms with E-state index in [1.807, 2.05) is 41.9 Å². The maximum atomic E-state index is 12.5. The van der Waals surface area contributed by atoms with Crippen LogP contribution in [0.25, 0.3) is 28.7 Å². The van der Waals surface area contributed by atoms with Gasteiger partial charge in [0.2, 0.25) is 5.71 Å². The number of furan rings is 1. The van der Waals surface area contributed by atoms with Gasteiger partial charge < -0.3 is 8.98 Å². The normalized spacial score (nSPS) is 13.4. The number of ketones is 2. The van der Waals surface area contributed by atoms with Gasteiger partial charge >= 0.3 is 0 Å². The van der Waals surface area contributed by atoms with Gasteiger partial charge in [-0.3, -0.25) is 9.59 Å². The quantitative estimate of drug-likeness (QED) is 0.398. The monoisotopic (exact) mass is 354 g/mol. The third-order valence-electron chi connectivity index (χ3n) is 4.82. The molecule has 2 aromatic carbocycles. The third-order valence-corrected chi connectivity index (χ3v) is 4.82. The molecule has 0 spiro atoms. The number of carbonyl (C=O) groups is 2. The summed E-state index contributed by atoms with van der Waals surface area (Å²) in [5.74, 6) is 0.694. The molecule has 5 nitrogen and oxygen atoms in total. The Morgan fingerprint density at radius 1 is 0.926 bits per heavy atom. The van der Waals surface area contributed by atoms with Crippen LogP contribution in [0.1, 0.15) is 26.5 Å². The lowest BCUT2D eigenvalue weighted by atomic mass is 10.1. The van der Waals surface area contributed by atoms with Crippen LogP contribution in [-0.2, 0) is 7.05 Å². The van der Waals surface area contributed by atoms with E-state index in [2.05, 4.69) is 4.98 Å². The predicted octanol–water partition coefficient (Wildman–Crippen LogP) is 4.30. The number of nitrogens with zero attached hydrogens (tertiary/aromatic N) is 2. The molecule has 0 saturated heterocycles. The van der Waals surface area contributed by atoms with Crippen LogP contribution in [0.15, 0.2) is 70.7 Å². The van der Waals surface area contributed by atoms with Crippen molar-refractivity contribution in [2.24, 2.45) is 7.05 Å². The summed E-state index contributed by atoms with van der Waals surface area (Å²) in [6.45, 7) is 0. The Labute approximate surface area is 154 Å². The molecule has 0 fully saturated rings. The average molecular weight is 354 g/mol. The van der Waals surface area contributed by atoms with Crippen molar-refractivity contribution in [3.63, 3.8) is 0 Å². The van der Waals surface area contributed by atoms with Gasteiger partial charge in [0.1, 0.15) is 17.1 Å². The second-order valence-electron chi connectivity index (χ2n) is 6.46. The first-order valence-corrected chi connectivity index (χ1v) is 8.55. The molecule has 0 radical (unpaired) electrons. The molecule has 130 valence electrons. The van der Waals surface area contributed by atoms with Crippen molar-refractivity contribution in [2.75, 3.05) is 0 Å². The van der Waals surface area contributed by atoms with Crippen molar-refractivity contribution in [3.05, 3.63) is 83.1 Å². The summed E-state index contributed by atoms with van der Waals surface area (Å²) < 4.78 is 7.73. The van der Waals surface area contributed by atoms with E-state index in [0.29, 0.717) is 22.6 Å². The summed E-state index contributed by atoms with van der Waals surface area (Å²) in [5.41, 5.74) is 3.26. The smallest absolute Gasteiger partial charge is 0.245 e. The van der Waals surface area contributed by atoms with E-state index >= 15 is 0 Å². The van der Waals surface area contributed by atoms with Gasteiger partial charge in [-0.15, -0.1) is 0 Å². The van der Waals surface area contributed by atoms with Crippen LogP contribution in [-0.4, -0.2) is 21.1 Å². The number of benzene rings is 2. The Morgan fingerprint density at radius 3 is 2.19 bits per heavy atom. The second kappa shape index (κ2) is 5.64. The van der Waals surface area contributed by atoms with Crippen molar-refractivity contribution < 1.29 is 14.0 Å². The number of aromatic nitrogens is 2. The molecular weight excluding hydrogens is 340 g/mol. The number of Topliss-reactive ketones (excluding diaryl/α,β-unsaturated/α-hetero) is 2. The molecule has 1 aliphatic rings. The molecule has 1 aliphatic carbocycles. The first kappa shape index (κ1) is 15.5. The molecule has 5 rings (SSSR count). The predicted molar refractivity (Wildman–Crippen MR) is 101 cm³/mol. The molecule has 0 atom stereocenters. The van der Waals surface area contributed by atoms with Gasteiger partial charge in [0.15, 0.2) is 11.6 Å². The molecule has 2 aromatic heterocycles. The van der Waals surface area contributed by atoms with E-state index < -0.39 is 0 Å². The largest absolute Gasteiger partial charge is 0.437 e.